The Bertz CT molecular complexity index is 612. The van der Waals surface area contributed by atoms with Crippen molar-refractivity contribution in [3.63, 3.8) is 0 Å². The molecule has 1 aromatic rings. The average molecular weight is 477 g/mol. The third kappa shape index (κ3) is 4.31. The van der Waals surface area contributed by atoms with Crippen molar-refractivity contribution in [2.45, 2.75) is 18.7 Å². The standard InChI is InChI=1S/C12H9BrF3IN2O2/c1-11(21,5-13)10(20)19-9-3-7(12(14,15)16)6(4-18)2-8(9)17/h2-3,21H,5H2,1H3,(H,19,20). The summed E-state index contributed by atoms with van der Waals surface area (Å²) >= 11 is 4.64. The number of anilines is 1. The molecule has 0 heterocycles. The van der Waals surface area contributed by atoms with Gasteiger partial charge in [-0.05, 0) is 41.6 Å². The first-order valence-electron chi connectivity index (χ1n) is 5.43. The SMILES string of the molecule is CC(O)(CBr)C(=O)Nc1cc(C(F)(F)F)c(C#N)cc1I. The number of rotatable bonds is 3. The van der Waals surface area contributed by atoms with Crippen LogP contribution >= 0.6 is 38.5 Å². The van der Waals surface area contributed by atoms with Crippen LogP contribution in [0.2, 0.25) is 0 Å². The molecule has 1 rings (SSSR count). The molecule has 0 bridgehead atoms. The number of carbonyl (C=O) groups is 1. The van der Waals surface area contributed by atoms with E-state index >= 15 is 0 Å². The minimum absolute atomic E-state index is 0.0786. The van der Waals surface area contributed by atoms with Gasteiger partial charge in [0.2, 0.25) is 0 Å². The van der Waals surface area contributed by atoms with Crippen molar-refractivity contribution in [3.8, 4) is 6.07 Å². The van der Waals surface area contributed by atoms with Gasteiger partial charge in [0.05, 0.1) is 22.9 Å². The quantitative estimate of drug-likeness (QED) is 0.519. The van der Waals surface area contributed by atoms with Gasteiger partial charge in [0.15, 0.2) is 0 Å². The van der Waals surface area contributed by atoms with Crippen LogP contribution < -0.4 is 5.32 Å². The second-order valence-electron chi connectivity index (χ2n) is 4.35. The lowest BCUT2D eigenvalue weighted by Gasteiger charge is -2.20. The third-order valence-corrected chi connectivity index (χ3v) is 4.52. The molecule has 4 nitrogen and oxygen atoms in total. The molecule has 114 valence electrons. The monoisotopic (exact) mass is 476 g/mol. The Labute approximate surface area is 140 Å². The molecule has 0 fully saturated rings. The van der Waals surface area contributed by atoms with Crippen LogP contribution in [0.3, 0.4) is 0 Å². The zero-order chi connectivity index (χ0) is 16.4. The summed E-state index contributed by atoms with van der Waals surface area (Å²) in [6.07, 6.45) is -4.72. The van der Waals surface area contributed by atoms with Gasteiger partial charge in [-0.2, -0.15) is 18.4 Å². The molecule has 0 aliphatic heterocycles. The molecule has 1 amide bonds. The zero-order valence-electron chi connectivity index (χ0n) is 10.6. The Kier molecular flexibility index (Phi) is 5.63. The molecule has 1 aromatic carbocycles. The number of nitriles is 1. The summed E-state index contributed by atoms with van der Waals surface area (Å²) in [7, 11) is 0. The van der Waals surface area contributed by atoms with Crippen LogP contribution in [0.4, 0.5) is 18.9 Å². The van der Waals surface area contributed by atoms with Crippen molar-refractivity contribution in [2.75, 3.05) is 10.6 Å². The highest BCUT2D eigenvalue weighted by atomic mass is 127. The van der Waals surface area contributed by atoms with Gasteiger partial charge in [0.1, 0.15) is 5.60 Å². The largest absolute Gasteiger partial charge is 0.417 e. The first-order chi connectivity index (χ1) is 9.52. The van der Waals surface area contributed by atoms with Gasteiger partial charge in [0.25, 0.3) is 5.91 Å². The van der Waals surface area contributed by atoms with E-state index in [4.69, 9.17) is 5.26 Å². The van der Waals surface area contributed by atoms with E-state index in [9.17, 15) is 23.1 Å². The predicted octanol–water partition coefficient (Wildman–Crippen LogP) is 3.27. The van der Waals surface area contributed by atoms with Crippen molar-refractivity contribution in [1.29, 1.82) is 5.26 Å². The van der Waals surface area contributed by atoms with E-state index in [0.29, 0.717) is 6.07 Å². The molecule has 0 radical (unpaired) electrons. The van der Waals surface area contributed by atoms with Crippen LogP contribution in [0.25, 0.3) is 0 Å². The molecular weight excluding hydrogens is 468 g/mol. The fraction of sp³-hybridized carbons (Fsp3) is 0.333. The molecule has 9 heteroatoms. The number of aliphatic hydroxyl groups is 1. The van der Waals surface area contributed by atoms with Crippen LogP contribution in [-0.4, -0.2) is 21.9 Å². The second kappa shape index (κ2) is 6.50. The van der Waals surface area contributed by atoms with E-state index in [1.165, 1.54) is 13.0 Å². The Balaban J connectivity index is 3.28. The van der Waals surface area contributed by atoms with E-state index in [2.05, 4.69) is 21.2 Å². The molecular formula is C12H9BrF3IN2O2. The maximum Gasteiger partial charge on any atom is 0.417 e. The van der Waals surface area contributed by atoms with Gasteiger partial charge in [-0.15, -0.1) is 0 Å². The number of carbonyl (C=O) groups excluding carboxylic acids is 1. The zero-order valence-corrected chi connectivity index (χ0v) is 14.3. The van der Waals surface area contributed by atoms with Crippen LogP contribution in [0.15, 0.2) is 12.1 Å². The molecule has 0 aliphatic carbocycles. The van der Waals surface area contributed by atoms with Crippen LogP contribution in [0.1, 0.15) is 18.1 Å². The lowest BCUT2D eigenvalue weighted by molar-refractivity contribution is -0.137. The molecule has 0 aliphatic rings. The molecule has 0 saturated heterocycles. The first kappa shape index (κ1) is 18.2. The number of hydrogen-bond acceptors (Lipinski definition) is 3. The minimum Gasteiger partial charge on any atom is -0.379 e. The smallest absolute Gasteiger partial charge is 0.379 e. The highest BCUT2D eigenvalue weighted by Crippen LogP contribution is 2.35. The number of nitrogens with one attached hydrogen (secondary N) is 1. The molecule has 0 saturated carbocycles. The molecule has 1 atom stereocenters. The van der Waals surface area contributed by atoms with E-state index in [1.54, 1.807) is 22.6 Å². The lowest BCUT2D eigenvalue weighted by atomic mass is 10.1. The summed E-state index contributed by atoms with van der Waals surface area (Å²) in [6, 6.07) is 3.18. The fourth-order valence-electron chi connectivity index (χ4n) is 1.31. The number of benzene rings is 1. The van der Waals surface area contributed by atoms with E-state index in [-0.39, 0.29) is 14.6 Å². The summed E-state index contributed by atoms with van der Waals surface area (Å²) in [6.45, 7) is 1.22. The average Bonchev–Trinajstić information content (AvgIpc) is 2.39. The van der Waals surface area contributed by atoms with E-state index in [0.717, 1.165) is 6.07 Å². The second-order valence-corrected chi connectivity index (χ2v) is 6.07. The van der Waals surface area contributed by atoms with Crippen LogP contribution in [0.5, 0.6) is 0 Å². The Morgan fingerprint density at radius 2 is 2.10 bits per heavy atom. The Morgan fingerprint density at radius 3 is 2.52 bits per heavy atom. The summed E-state index contributed by atoms with van der Waals surface area (Å²) in [5.74, 6) is -0.852. The Hall–Kier alpha value is -0.860. The van der Waals surface area contributed by atoms with Crippen molar-refractivity contribution in [1.82, 2.24) is 0 Å². The number of alkyl halides is 4. The van der Waals surface area contributed by atoms with Gasteiger partial charge in [-0.3, -0.25) is 4.79 Å². The van der Waals surface area contributed by atoms with Gasteiger partial charge < -0.3 is 10.4 Å². The predicted molar refractivity (Wildman–Crippen MR) is 81.9 cm³/mol. The summed E-state index contributed by atoms with van der Waals surface area (Å²) in [4.78, 5) is 11.8. The maximum atomic E-state index is 12.9. The van der Waals surface area contributed by atoms with Gasteiger partial charge in [-0.1, -0.05) is 15.9 Å². The minimum atomic E-state index is -4.72. The fourth-order valence-corrected chi connectivity index (χ4v) is 2.17. The Morgan fingerprint density at radius 1 is 1.52 bits per heavy atom. The summed E-state index contributed by atoms with van der Waals surface area (Å²) < 4.78 is 38.8. The first-order valence-corrected chi connectivity index (χ1v) is 7.63. The molecule has 0 aromatic heterocycles. The van der Waals surface area contributed by atoms with E-state index in [1.807, 2.05) is 0 Å². The highest BCUT2D eigenvalue weighted by molar-refractivity contribution is 14.1. The van der Waals surface area contributed by atoms with Gasteiger partial charge in [-0.25, -0.2) is 0 Å². The van der Waals surface area contributed by atoms with Crippen molar-refractivity contribution < 1.29 is 23.1 Å². The molecule has 2 N–H and O–H groups in total. The number of hydrogen-bond donors (Lipinski definition) is 2. The lowest BCUT2D eigenvalue weighted by Crippen LogP contribution is -2.41. The van der Waals surface area contributed by atoms with Crippen LogP contribution in [-0.2, 0) is 11.0 Å². The van der Waals surface area contributed by atoms with Crippen molar-refractivity contribution in [2.24, 2.45) is 0 Å². The molecule has 0 spiro atoms. The number of nitrogens with zero attached hydrogens (tertiary/aromatic N) is 1. The molecule has 1 unspecified atom stereocenters. The molecule has 21 heavy (non-hydrogen) atoms. The normalized spacial score (nSPS) is 14.2. The summed E-state index contributed by atoms with van der Waals surface area (Å²) in [5.41, 5.74) is -3.56. The van der Waals surface area contributed by atoms with Gasteiger partial charge in [0, 0.05) is 8.90 Å². The van der Waals surface area contributed by atoms with Crippen molar-refractivity contribution >= 4 is 50.1 Å². The van der Waals surface area contributed by atoms with E-state index < -0.39 is 28.8 Å². The topological polar surface area (TPSA) is 73.1 Å². The highest BCUT2D eigenvalue weighted by Gasteiger charge is 2.35. The third-order valence-electron chi connectivity index (χ3n) is 2.53. The number of amides is 1. The van der Waals surface area contributed by atoms with Crippen LogP contribution in [0, 0.1) is 14.9 Å². The number of halogens is 5. The maximum absolute atomic E-state index is 12.9. The van der Waals surface area contributed by atoms with Crippen molar-refractivity contribution in [3.05, 3.63) is 26.8 Å². The summed E-state index contributed by atoms with van der Waals surface area (Å²) in [5, 5.41) is 20.6. The van der Waals surface area contributed by atoms with Gasteiger partial charge >= 0.3 is 6.18 Å².